The predicted octanol–water partition coefficient (Wildman–Crippen LogP) is 3.33. The lowest BCUT2D eigenvalue weighted by molar-refractivity contribution is 0.138. The van der Waals surface area contributed by atoms with Crippen molar-refractivity contribution in [3.63, 3.8) is 0 Å². The summed E-state index contributed by atoms with van der Waals surface area (Å²) in [5.74, 6) is -0.397. The molecule has 0 fully saturated rings. The first-order chi connectivity index (χ1) is 6.09. The van der Waals surface area contributed by atoms with Gasteiger partial charge in [0.15, 0.2) is 0 Å². The Balaban J connectivity index is 2.70. The van der Waals surface area contributed by atoms with Gasteiger partial charge in [-0.1, -0.05) is 17.7 Å². The zero-order chi connectivity index (χ0) is 9.84. The molecule has 0 aromatic heterocycles. The standard InChI is InChI=1S/C10H11F3/c1-7-2-4-9(11)8(6-7)3-5-10(12)13/h2,4,6,10H,3,5H2,1H3. The molecule has 1 aromatic carbocycles. The van der Waals surface area contributed by atoms with Crippen molar-refractivity contribution in [2.24, 2.45) is 0 Å². The lowest BCUT2D eigenvalue weighted by Gasteiger charge is -2.03. The van der Waals surface area contributed by atoms with E-state index in [4.69, 9.17) is 0 Å². The summed E-state index contributed by atoms with van der Waals surface area (Å²) < 4.78 is 36.6. The molecule has 0 N–H and O–H groups in total. The fourth-order valence-corrected chi connectivity index (χ4v) is 1.16. The molecular weight excluding hydrogens is 177 g/mol. The van der Waals surface area contributed by atoms with Crippen LogP contribution in [-0.4, -0.2) is 6.43 Å². The van der Waals surface area contributed by atoms with E-state index >= 15 is 0 Å². The van der Waals surface area contributed by atoms with E-state index in [0.29, 0.717) is 5.56 Å². The lowest BCUT2D eigenvalue weighted by Crippen LogP contribution is -1.97. The van der Waals surface area contributed by atoms with Gasteiger partial charge in [-0.25, -0.2) is 13.2 Å². The summed E-state index contributed by atoms with van der Waals surface area (Å²) in [5.41, 5.74) is 1.27. The molecule has 72 valence electrons. The highest BCUT2D eigenvalue weighted by atomic mass is 19.3. The quantitative estimate of drug-likeness (QED) is 0.682. The summed E-state index contributed by atoms with van der Waals surface area (Å²) in [6.07, 6.45) is -2.54. The van der Waals surface area contributed by atoms with Crippen molar-refractivity contribution in [1.82, 2.24) is 0 Å². The Bertz CT molecular complexity index is 281. The van der Waals surface area contributed by atoms with E-state index in [-0.39, 0.29) is 12.8 Å². The van der Waals surface area contributed by atoms with Gasteiger partial charge in [0.2, 0.25) is 6.43 Å². The van der Waals surface area contributed by atoms with E-state index < -0.39 is 12.2 Å². The summed E-state index contributed by atoms with van der Waals surface area (Å²) in [7, 11) is 0. The Kier molecular flexibility index (Phi) is 3.34. The molecule has 0 aliphatic heterocycles. The maximum absolute atomic E-state index is 13.0. The molecule has 0 saturated carbocycles. The fourth-order valence-electron chi connectivity index (χ4n) is 1.16. The van der Waals surface area contributed by atoms with Gasteiger partial charge in [0.25, 0.3) is 0 Å². The monoisotopic (exact) mass is 188 g/mol. The minimum atomic E-state index is -2.36. The van der Waals surface area contributed by atoms with E-state index in [0.717, 1.165) is 5.56 Å². The molecule has 0 spiro atoms. The normalized spacial score (nSPS) is 10.8. The zero-order valence-electron chi connectivity index (χ0n) is 7.36. The molecule has 0 bridgehead atoms. The van der Waals surface area contributed by atoms with E-state index in [9.17, 15) is 13.2 Å². The van der Waals surface area contributed by atoms with Gasteiger partial charge in [-0.3, -0.25) is 0 Å². The molecule has 0 aliphatic rings. The second-order valence-corrected chi connectivity index (χ2v) is 3.02. The van der Waals surface area contributed by atoms with Crippen LogP contribution in [-0.2, 0) is 6.42 Å². The van der Waals surface area contributed by atoms with Crippen LogP contribution in [0, 0.1) is 12.7 Å². The van der Waals surface area contributed by atoms with Gasteiger partial charge in [-0.2, -0.15) is 0 Å². The van der Waals surface area contributed by atoms with Crippen LogP contribution in [0.15, 0.2) is 18.2 Å². The molecule has 0 amide bonds. The Hall–Kier alpha value is -0.990. The topological polar surface area (TPSA) is 0 Å². The number of aryl methyl sites for hydroxylation is 2. The smallest absolute Gasteiger partial charge is 0.211 e. The van der Waals surface area contributed by atoms with Gasteiger partial charge < -0.3 is 0 Å². The van der Waals surface area contributed by atoms with Crippen molar-refractivity contribution in [3.8, 4) is 0 Å². The van der Waals surface area contributed by atoms with Gasteiger partial charge in [-0.15, -0.1) is 0 Å². The molecule has 0 unspecified atom stereocenters. The third-order valence-corrected chi connectivity index (χ3v) is 1.83. The number of halogens is 3. The molecule has 1 rings (SSSR count). The number of benzene rings is 1. The van der Waals surface area contributed by atoms with E-state index in [2.05, 4.69) is 0 Å². The minimum Gasteiger partial charge on any atom is -0.211 e. The van der Waals surface area contributed by atoms with Crippen LogP contribution < -0.4 is 0 Å². The van der Waals surface area contributed by atoms with Crippen molar-refractivity contribution in [1.29, 1.82) is 0 Å². The van der Waals surface area contributed by atoms with Gasteiger partial charge >= 0.3 is 0 Å². The van der Waals surface area contributed by atoms with Crippen LogP contribution in [0.3, 0.4) is 0 Å². The first-order valence-electron chi connectivity index (χ1n) is 4.13. The summed E-state index contributed by atoms with van der Waals surface area (Å²) in [6.45, 7) is 1.81. The van der Waals surface area contributed by atoms with Crippen LogP contribution in [0.2, 0.25) is 0 Å². The van der Waals surface area contributed by atoms with Crippen LogP contribution in [0.5, 0.6) is 0 Å². The maximum atomic E-state index is 13.0. The molecule has 13 heavy (non-hydrogen) atoms. The van der Waals surface area contributed by atoms with E-state index in [1.807, 2.05) is 6.92 Å². The van der Waals surface area contributed by atoms with Crippen LogP contribution in [0.4, 0.5) is 13.2 Å². The van der Waals surface area contributed by atoms with E-state index in [1.54, 1.807) is 12.1 Å². The molecule has 3 heteroatoms. The summed E-state index contributed by atoms with van der Waals surface area (Å²) in [4.78, 5) is 0. The average Bonchev–Trinajstić information content (AvgIpc) is 2.06. The van der Waals surface area contributed by atoms with Crippen molar-refractivity contribution in [3.05, 3.63) is 35.1 Å². The van der Waals surface area contributed by atoms with Crippen LogP contribution in [0.1, 0.15) is 17.5 Å². The average molecular weight is 188 g/mol. The second-order valence-electron chi connectivity index (χ2n) is 3.02. The summed E-state index contributed by atoms with van der Waals surface area (Å²) in [6, 6.07) is 4.55. The van der Waals surface area contributed by atoms with Crippen molar-refractivity contribution < 1.29 is 13.2 Å². The molecule has 1 aromatic rings. The number of alkyl halides is 2. The molecule has 0 atom stereocenters. The fraction of sp³-hybridized carbons (Fsp3) is 0.400. The third kappa shape index (κ3) is 3.09. The maximum Gasteiger partial charge on any atom is 0.239 e. The number of rotatable bonds is 3. The highest BCUT2D eigenvalue weighted by Gasteiger charge is 2.06. The molecule has 0 aliphatic carbocycles. The summed E-state index contributed by atoms with van der Waals surface area (Å²) >= 11 is 0. The molecule has 0 radical (unpaired) electrons. The van der Waals surface area contributed by atoms with Gasteiger partial charge in [-0.05, 0) is 25.0 Å². The van der Waals surface area contributed by atoms with Gasteiger partial charge in [0, 0.05) is 6.42 Å². The second kappa shape index (κ2) is 4.30. The SMILES string of the molecule is Cc1ccc(F)c(CCC(F)F)c1. The summed E-state index contributed by atoms with van der Waals surface area (Å²) in [5, 5.41) is 0. The largest absolute Gasteiger partial charge is 0.239 e. The molecular formula is C10H11F3. The Labute approximate surface area is 75.4 Å². The molecule has 0 saturated heterocycles. The highest BCUT2D eigenvalue weighted by Crippen LogP contribution is 2.14. The first-order valence-corrected chi connectivity index (χ1v) is 4.13. The van der Waals surface area contributed by atoms with E-state index in [1.165, 1.54) is 6.07 Å². The molecule has 0 nitrogen and oxygen atoms in total. The highest BCUT2D eigenvalue weighted by molar-refractivity contribution is 5.24. The van der Waals surface area contributed by atoms with Gasteiger partial charge in [0.1, 0.15) is 5.82 Å². The minimum absolute atomic E-state index is 0.102. The van der Waals surface area contributed by atoms with Crippen molar-refractivity contribution in [2.45, 2.75) is 26.2 Å². The predicted molar refractivity (Wildman–Crippen MR) is 45.5 cm³/mol. The Morgan fingerprint density at radius 2 is 2.00 bits per heavy atom. The molecule has 0 heterocycles. The van der Waals surface area contributed by atoms with Crippen LogP contribution in [0.25, 0.3) is 0 Å². The van der Waals surface area contributed by atoms with Crippen LogP contribution >= 0.6 is 0 Å². The zero-order valence-corrected chi connectivity index (χ0v) is 7.36. The van der Waals surface area contributed by atoms with Gasteiger partial charge in [0.05, 0.1) is 0 Å². The Morgan fingerprint density at radius 1 is 1.31 bits per heavy atom. The third-order valence-electron chi connectivity index (χ3n) is 1.83. The Morgan fingerprint density at radius 3 is 2.62 bits per heavy atom. The number of hydrogen-bond donors (Lipinski definition) is 0. The number of hydrogen-bond acceptors (Lipinski definition) is 0. The van der Waals surface area contributed by atoms with Crippen molar-refractivity contribution >= 4 is 0 Å². The first kappa shape index (κ1) is 10.1. The lowest BCUT2D eigenvalue weighted by atomic mass is 10.1. The van der Waals surface area contributed by atoms with Crippen molar-refractivity contribution in [2.75, 3.05) is 0 Å².